The molecule has 0 bridgehead atoms. The number of ether oxygens (including phenoxy) is 1. The van der Waals surface area contributed by atoms with Gasteiger partial charge in [-0.2, -0.15) is 0 Å². The summed E-state index contributed by atoms with van der Waals surface area (Å²) in [5, 5.41) is 9.69. The third-order valence-electron chi connectivity index (χ3n) is 5.25. The molecule has 31 heavy (non-hydrogen) atoms. The van der Waals surface area contributed by atoms with Crippen LogP contribution in [0.5, 0.6) is 0 Å². The third kappa shape index (κ3) is 3.83. The van der Waals surface area contributed by atoms with Crippen molar-refractivity contribution in [1.29, 1.82) is 0 Å². The number of morpholine rings is 1. The molecule has 1 aliphatic heterocycles. The average Bonchev–Trinajstić information content (AvgIpc) is 3.29. The molecule has 2 aromatic carbocycles. The van der Waals surface area contributed by atoms with Crippen LogP contribution < -0.4 is 5.56 Å². The summed E-state index contributed by atoms with van der Waals surface area (Å²) in [7, 11) is 0. The first-order chi connectivity index (χ1) is 15.1. The van der Waals surface area contributed by atoms with Crippen LogP contribution in [0.15, 0.2) is 59.5 Å². The second kappa shape index (κ2) is 7.98. The highest BCUT2D eigenvalue weighted by molar-refractivity contribution is 6.31. The predicted octanol–water partition coefficient (Wildman–Crippen LogP) is 2.90. The van der Waals surface area contributed by atoms with Crippen LogP contribution in [0.4, 0.5) is 0 Å². The Morgan fingerprint density at radius 1 is 1.06 bits per heavy atom. The number of benzene rings is 2. The van der Waals surface area contributed by atoms with E-state index in [1.165, 1.54) is 0 Å². The molecule has 1 amide bonds. The molecular weight excluding hydrogens is 418 g/mol. The lowest BCUT2D eigenvalue weighted by Crippen LogP contribution is -2.40. The van der Waals surface area contributed by atoms with Gasteiger partial charge in [-0.25, -0.2) is 4.68 Å². The Hall–Kier alpha value is -3.49. The second-order valence-corrected chi connectivity index (χ2v) is 7.68. The van der Waals surface area contributed by atoms with Crippen LogP contribution in [0.3, 0.4) is 0 Å². The van der Waals surface area contributed by atoms with E-state index in [4.69, 9.17) is 16.3 Å². The van der Waals surface area contributed by atoms with Crippen molar-refractivity contribution in [2.45, 2.75) is 0 Å². The summed E-state index contributed by atoms with van der Waals surface area (Å²) in [6, 6.07) is 14.2. The number of halogens is 1. The molecule has 0 saturated carbocycles. The third-order valence-corrected chi connectivity index (χ3v) is 5.49. The normalized spacial score (nSPS) is 14.2. The summed E-state index contributed by atoms with van der Waals surface area (Å²) in [6.45, 7) is 2.31. The number of hydrogen-bond donors (Lipinski definition) is 1. The SMILES string of the molecule is O=C(c1ccc(-n2cc(-c3cc4cc(Cl)ccc4[nH]c3=O)nn2)cc1)N1CCOCC1. The Labute approximate surface area is 182 Å². The molecule has 1 saturated heterocycles. The number of pyridine rings is 1. The van der Waals surface area contributed by atoms with E-state index in [0.717, 1.165) is 11.1 Å². The molecule has 0 spiro atoms. The lowest BCUT2D eigenvalue weighted by Gasteiger charge is -2.26. The minimum atomic E-state index is -0.256. The van der Waals surface area contributed by atoms with Crippen molar-refractivity contribution in [2.24, 2.45) is 0 Å². The highest BCUT2D eigenvalue weighted by Crippen LogP contribution is 2.22. The Balaban J connectivity index is 1.42. The number of rotatable bonds is 3. The Morgan fingerprint density at radius 3 is 2.61 bits per heavy atom. The van der Waals surface area contributed by atoms with Crippen molar-refractivity contribution in [2.75, 3.05) is 26.3 Å². The predicted molar refractivity (Wildman–Crippen MR) is 117 cm³/mol. The number of carbonyl (C=O) groups excluding carboxylic acids is 1. The zero-order valence-corrected chi connectivity index (χ0v) is 17.2. The highest BCUT2D eigenvalue weighted by atomic mass is 35.5. The van der Waals surface area contributed by atoms with Crippen molar-refractivity contribution < 1.29 is 9.53 Å². The molecule has 0 atom stereocenters. The Kier molecular flexibility index (Phi) is 5.01. The van der Waals surface area contributed by atoms with Gasteiger partial charge >= 0.3 is 0 Å². The molecule has 1 fully saturated rings. The number of aromatic amines is 1. The first-order valence-electron chi connectivity index (χ1n) is 9.81. The smallest absolute Gasteiger partial charge is 0.258 e. The maximum Gasteiger partial charge on any atom is 0.258 e. The van der Waals surface area contributed by atoms with Gasteiger partial charge in [-0.05, 0) is 48.5 Å². The summed E-state index contributed by atoms with van der Waals surface area (Å²) >= 11 is 6.07. The fourth-order valence-electron chi connectivity index (χ4n) is 3.59. The number of amides is 1. The molecule has 8 nitrogen and oxygen atoms in total. The van der Waals surface area contributed by atoms with Crippen LogP contribution >= 0.6 is 11.6 Å². The molecular formula is C22H18ClN5O3. The number of H-pyrrole nitrogens is 1. The summed E-state index contributed by atoms with van der Waals surface area (Å²) < 4.78 is 6.87. The van der Waals surface area contributed by atoms with Gasteiger partial charge in [0.15, 0.2) is 0 Å². The highest BCUT2D eigenvalue weighted by Gasteiger charge is 2.18. The Morgan fingerprint density at radius 2 is 1.84 bits per heavy atom. The molecule has 0 radical (unpaired) electrons. The first kappa shape index (κ1) is 19.5. The summed E-state index contributed by atoms with van der Waals surface area (Å²) in [5.74, 6) is -0.0181. The van der Waals surface area contributed by atoms with Crippen LogP contribution in [0.1, 0.15) is 10.4 Å². The van der Waals surface area contributed by atoms with Gasteiger partial charge in [0.1, 0.15) is 5.69 Å². The molecule has 156 valence electrons. The lowest BCUT2D eigenvalue weighted by atomic mass is 10.1. The molecule has 2 aromatic heterocycles. The van der Waals surface area contributed by atoms with Crippen molar-refractivity contribution >= 4 is 28.4 Å². The van der Waals surface area contributed by atoms with E-state index in [2.05, 4.69) is 15.3 Å². The van der Waals surface area contributed by atoms with E-state index in [0.29, 0.717) is 53.7 Å². The summed E-state index contributed by atoms with van der Waals surface area (Å²) in [5.41, 5.74) is 2.63. The monoisotopic (exact) mass is 435 g/mol. The fraction of sp³-hybridized carbons (Fsp3) is 0.182. The fourth-order valence-corrected chi connectivity index (χ4v) is 3.77. The van der Waals surface area contributed by atoms with E-state index >= 15 is 0 Å². The molecule has 4 aromatic rings. The van der Waals surface area contributed by atoms with Crippen molar-refractivity contribution in [3.8, 4) is 16.9 Å². The van der Waals surface area contributed by atoms with Gasteiger partial charge in [0, 0.05) is 34.6 Å². The molecule has 5 rings (SSSR count). The number of fused-ring (bicyclic) bond motifs is 1. The summed E-state index contributed by atoms with van der Waals surface area (Å²) in [4.78, 5) is 29.7. The van der Waals surface area contributed by atoms with Crippen LogP contribution in [0.2, 0.25) is 5.02 Å². The van der Waals surface area contributed by atoms with Gasteiger partial charge < -0.3 is 14.6 Å². The van der Waals surface area contributed by atoms with E-state index in [9.17, 15) is 9.59 Å². The maximum absolute atomic E-state index is 12.6. The first-order valence-corrected chi connectivity index (χ1v) is 10.2. The number of aromatic nitrogens is 4. The molecule has 9 heteroatoms. The molecule has 0 unspecified atom stereocenters. The molecule has 1 aliphatic rings. The van der Waals surface area contributed by atoms with Crippen molar-refractivity contribution in [1.82, 2.24) is 24.9 Å². The average molecular weight is 436 g/mol. The van der Waals surface area contributed by atoms with E-state index in [1.54, 1.807) is 64.3 Å². The molecule has 1 N–H and O–H groups in total. The maximum atomic E-state index is 12.6. The van der Waals surface area contributed by atoms with Gasteiger partial charge in [-0.15, -0.1) is 5.10 Å². The van der Waals surface area contributed by atoms with Gasteiger partial charge in [0.2, 0.25) is 0 Å². The van der Waals surface area contributed by atoms with Crippen LogP contribution in [0.25, 0.3) is 27.8 Å². The minimum Gasteiger partial charge on any atom is -0.378 e. The standard InChI is InChI=1S/C22H18ClN5O3/c23-16-3-6-19-15(11-16)12-18(21(29)24-19)20-13-28(26-25-20)17-4-1-14(2-5-17)22(30)27-7-9-31-10-8-27/h1-6,11-13H,7-10H2,(H,24,29). The quantitative estimate of drug-likeness (QED) is 0.534. The number of carbonyl (C=O) groups is 1. The van der Waals surface area contributed by atoms with Crippen LogP contribution in [0, 0.1) is 0 Å². The van der Waals surface area contributed by atoms with Gasteiger partial charge in [-0.1, -0.05) is 16.8 Å². The minimum absolute atomic E-state index is 0.0181. The van der Waals surface area contributed by atoms with Gasteiger partial charge in [-0.3, -0.25) is 9.59 Å². The van der Waals surface area contributed by atoms with E-state index in [-0.39, 0.29) is 11.5 Å². The number of hydrogen-bond acceptors (Lipinski definition) is 5. The zero-order chi connectivity index (χ0) is 21.4. The second-order valence-electron chi connectivity index (χ2n) is 7.24. The van der Waals surface area contributed by atoms with Crippen molar-refractivity contribution in [3.05, 3.63) is 75.7 Å². The number of nitrogens with zero attached hydrogens (tertiary/aromatic N) is 4. The Bertz CT molecular complexity index is 1320. The number of nitrogens with one attached hydrogen (secondary N) is 1. The van der Waals surface area contributed by atoms with E-state index < -0.39 is 0 Å². The molecule has 3 heterocycles. The molecule has 0 aliphatic carbocycles. The summed E-state index contributed by atoms with van der Waals surface area (Å²) in [6.07, 6.45) is 1.68. The van der Waals surface area contributed by atoms with Gasteiger partial charge in [0.05, 0.1) is 30.7 Å². The van der Waals surface area contributed by atoms with E-state index in [1.807, 2.05) is 0 Å². The topological polar surface area (TPSA) is 93.1 Å². The van der Waals surface area contributed by atoms with Gasteiger partial charge in [0.25, 0.3) is 11.5 Å². The van der Waals surface area contributed by atoms with Crippen LogP contribution in [-0.4, -0.2) is 57.1 Å². The lowest BCUT2D eigenvalue weighted by molar-refractivity contribution is 0.0303. The zero-order valence-electron chi connectivity index (χ0n) is 16.4. The van der Waals surface area contributed by atoms with Crippen molar-refractivity contribution in [3.63, 3.8) is 0 Å². The largest absolute Gasteiger partial charge is 0.378 e. The van der Waals surface area contributed by atoms with Crippen LogP contribution in [-0.2, 0) is 4.74 Å².